The van der Waals surface area contributed by atoms with E-state index < -0.39 is 0 Å². The molecular formula is C7H12N2S. The number of hydrogen-bond donors (Lipinski definition) is 1. The highest BCUT2D eigenvalue weighted by Crippen LogP contribution is 2.34. The molecule has 0 aliphatic carbocycles. The van der Waals surface area contributed by atoms with E-state index >= 15 is 0 Å². The Kier molecular flexibility index (Phi) is 2.22. The van der Waals surface area contributed by atoms with Gasteiger partial charge in [0, 0.05) is 5.25 Å². The fraction of sp³-hybridized carbons (Fsp3) is 0.857. The number of nitrogens with zero attached hydrogens (tertiary/aromatic N) is 1. The molecule has 1 fully saturated rings. The van der Waals surface area contributed by atoms with Crippen molar-refractivity contribution < 1.29 is 0 Å². The lowest BCUT2D eigenvalue weighted by Gasteiger charge is -2.23. The smallest absolute Gasteiger partial charge is 0.118 e. The van der Waals surface area contributed by atoms with Crippen molar-refractivity contribution in [3.63, 3.8) is 0 Å². The van der Waals surface area contributed by atoms with Crippen molar-refractivity contribution in [2.45, 2.75) is 24.1 Å². The van der Waals surface area contributed by atoms with Crippen LogP contribution in [-0.4, -0.2) is 23.6 Å². The normalized spacial score (nSPS) is 39.5. The first kappa shape index (κ1) is 7.90. The highest BCUT2D eigenvalue weighted by Gasteiger charge is 2.39. The average molecular weight is 156 g/mol. The van der Waals surface area contributed by atoms with E-state index in [-0.39, 0.29) is 5.54 Å². The lowest BCUT2D eigenvalue weighted by molar-refractivity contribution is 0.452. The van der Waals surface area contributed by atoms with Crippen molar-refractivity contribution in [3.05, 3.63) is 0 Å². The van der Waals surface area contributed by atoms with E-state index in [1.165, 1.54) is 0 Å². The summed E-state index contributed by atoms with van der Waals surface area (Å²) in [4.78, 5) is 0. The zero-order chi connectivity index (χ0) is 7.61. The molecule has 10 heavy (non-hydrogen) atoms. The second kappa shape index (κ2) is 2.81. The minimum atomic E-state index is -0.245. The van der Waals surface area contributed by atoms with Gasteiger partial charge in [-0.3, -0.25) is 0 Å². The molecule has 0 radical (unpaired) electrons. The summed E-state index contributed by atoms with van der Waals surface area (Å²) in [6.45, 7) is 2.11. The highest BCUT2D eigenvalue weighted by molar-refractivity contribution is 8.00. The van der Waals surface area contributed by atoms with Crippen LogP contribution in [0, 0.1) is 11.3 Å². The summed E-state index contributed by atoms with van der Waals surface area (Å²) in [7, 11) is 1.87. The van der Waals surface area contributed by atoms with Crippen LogP contribution in [0.15, 0.2) is 0 Å². The van der Waals surface area contributed by atoms with Crippen LogP contribution in [-0.2, 0) is 0 Å². The summed E-state index contributed by atoms with van der Waals surface area (Å²) < 4.78 is 0. The Labute approximate surface area is 66.0 Å². The Morgan fingerprint density at radius 3 is 2.70 bits per heavy atom. The van der Waals surface area contributed by atoms with E-state index in [4.69, 9.17) is 5.26 Å². The van der Waals surface area contributed by atoms with E-state index in [0.717, 1.165) is 12.2 Å². The van der Waals surface area contributed by atoms with Gasteiger partial charge in [0.2, 0.25) is 0 Å². The van der Waals surface area contributed by atoms with Gasteiger partial charge in [0.1, 0.15) is 5.54 Å². The van der Waals surface area contributed by atoms with Gasteiger partial charge >= 0.3 is 0 Å². The van der Waals surface area contributed by atoms with Crippen LogP contribution in [0.5, 0.6) is 0 Å². The molecule has 1 rings (SSSR count). The number of nitrogens with one attached hydrogen (secondary N) is 1. The van der Waals surface area contributed by atoms with Crippen LogP contribution in [0.25, 0.3) is 0 Å². The predicted octanol–water partition coefficient (Wildman–Crippen LogP) is 0.994. The number of hydrogen-bond acceptors (Lipinski definition) is 3. The third-order valence-electron chi connectivity index (χ3n) is 2.20. The van der Waals surface area contributed by atoms with Crippen LogP contribution in [0.3, 0.4) is 0 Å². The van der Waals surface area contributed by atoms with Gasteiger partial charge in [-0.15, -0.1) is 0 Å². The standard InChI is InChI=1S/C7H12N2S/c1-6-7(5-8,9-2)3-4-10-6/h6,9H,3-4H2,1-2H3. The summed E-state index contributed by atoms with van der Waals surface area (Å²) in [6, 6.07) is 2.34. The Hall–Kier alpha value is -0.200. The van der Waals surface area contributed by atoms with Gasteiger partial charge in [-0.2, -0.15) is 17.0 Å². The van der Waals surface area contributed by atoms with Crippen LogP contribution < -0.4 is 5.32 Å². The minimum Gasteiger partial charge on any atom is -0.302 e. The molecular weight excluding hydrogens is 144 g/mol. The van der Waals surface area contributed by atoms with Crippen molar-refractivity contribution in [1.82, 2.24) is 5.32 Å². The molecule has 1 saturated heterocycles. The second-order valence-electron chi connectivity index (χ2n) is 2.60. The molecule has 56 valence electrons. The molecule has 1 aliphatic rings. The second-order valence-corrected chi connectivity index (χ2v) is 4.04. The van der Waals surface area contributed by atoms with Gasteiger partial charge in [-0.25, -0.2) is 0 Å². The first-order chi connectivity index (χ1) is 4.75. The van der Waals surface area contributed by atoms with E-state index in [2.05, 4.69) is 18.3 Å². The Balaban J connectivity index is 2.74. The molecule has 0 aromatic heterocycles. The van der Waals surface area contributed by atoms with Gasteiger partial charge in [-0.05, 0) is 19.2 Å². The Morgan fingerprint density at radius 1 is 1.80 bits per heavy atom. The summed E-state index contributed by atoms with van der Waals surface area (Å²) >= 11 is 1.87. The molecule has 1 N–H and O–H groups in total. The van der Waals surface area contributed by atoms with Crippen molar-refractivity contribution >= 4 is 11.8 Å². The Morgan fingerprint density at radius 2 is 2.50 bits per heavy atom. The molecule has 2 unspecified atom stereocenters. The van der Waals surface area contributed by atoms with Crippen molar-refractivity contribution in [3.8, 4) is 6.07 Å². The van der Waals surface area contributed by atoms with Gasteiger partial charge in [0.05, 0.1) is 6.07 Å². The average Bonchev–Trinajstić information content (AvgIpc) is 2.32. The van der Waals surface area contributed by atoms with Crippen molar-refractivity contribution in [1.29, 1.82) is 5.26 Å². The van der Waals surface area contributed by atoms with Crippen LogP contribution in [0.1, 0.15) is 13.3 Å². The van der Waals surface area contributed by atoms with Crippen LogP contribution in [0.2, 0.25) is 0 Å². The predicted molar refractivity (Wildman–Crippen MR) is 43.9 cm³/mol. The minimum absolute atomic E-state index is 0.245. The van der Waals surface area contributed by atoms with Gasteiger partial charge in [-0.1, -0.05) is 6.92 Å². The summed E-state index contributed by atoms with van der Waals surface area (Å²) in [6.07, 6.45) is 0.978. The topological polar surface area (TPSA) is 35.8 Å². The Bertz CT molecular complexity index is 163. The van der Waals surface area contributed by atoms with Crippen LogP contribution in [0.4, 0.5) is 0 Å². The van der Waals surface area contributed by atoms with E-state index in [9.17, 15) is 0 Å². The zero-order valence-corrected chi connectivity index (χ0v) is 7.16. The largest absolute Gasteiger partial charge is 0.302 e. The molecule has 0 amide bonds. The molecule has 0 spiro atoms. The number of rotatable bonds is 1. The van der Waals surface area contributed by atoms with E-state index in [1.807, 2.05) is 18.8 Å². The maximum atomic E-state index is 8.86. The van der Waals surface area contributed by atoms with Gasteiger partial charge in [0.25, 0.3) is 0 Å². The summed E-state index contributed by atoms with van der Waals surface area (Å²) in [5.41, 5.74) is -0.245. The molecule has 0 bridgehead atoms. The van der Waals surface area contributed by atoms with E-state index in [1.54, 1.807) is 0 Å². The SMILES string of the molecule is CNC1(C#N)CCSC1C. The molecule has 2 atom stereocenters. The number of nitriles is 1. The molecule has 0 aromatic rings. The van der Waals surface area contributed by atoms with Gasteiger partial charge < -0.3 is 5.32 Å². The van der Waals surface area contributed by atoms with E-state index in [0.29, 0.717) is 5.25 Å². The molecule has 2 nitrogen and oxygen atoms in total. The molecule has 1 heterocycles. The molecule has 0 saturated carbocycles. The quantitative estimate of drug-likeness (QED) is 0.615. The fourth-order valence-corrected chi connectivity index (χ4v) is 2.64. The molecule has 3 heteroatoms. The van der Waals surface area contributed by atoms with Crippen molar-refractivity contribution in [2.75, 3.05) is 12.8 Å². The highest BCUT2D eigenvalue weighted by atomic mass is 32.2. The third-order valence-corrected chi connectivity index (χ3v) is 3.55. The first-order valence-electron chi connectivity index (χ1n) is 3.47. The monoisotopic (exact) mass is 156 g/mol. The van der Waals surface area contributed by atoms with Crippen molar-refractivity contribution in [2.24, 2.45) is 0 Å². The fourth-order valence-electron chi connectivity index (χ4n) is 1.27. The third kappa shape index (κ3) is 1.02. The summed E-state index contributed by atoms with van der Waals surface area (Å²) in [5.74, 6) is 1.11. The zero-order valence-electron chi connectivity index (χ0n) is 6.35. The summed E-state index contributed by atoms with van der Waals surface area (Å²) in [5, 5.41) is 12.4. The molecule has 1 aliphatic heterocycles. The maximum absolute atomic E-state index is 8.86. The van der Waals surface area contributed by atoms with Crippen LogP contribution >= 0.6 is 11.8 Å². The number of thioether (sulfide) groups is 1. The first-order valence-corrected chi connectivity index (χ1v) is 4.52. The van der Waals surface area contributed by atoms with Gasteiger partial charge in [0.15, 0.2) is 0 Å². The lowest BCUT2D eigenvalue weighted by Crippen LogP contribution is -2.45. The lowest BCUT2D eigenvalue weighted by atomic mass is 9.95. The molecule has 0 aromatic carbocycles. The maximum Gasteiger partial charge on any atom is 0.118 e.